The van der Waals surface area contributed by atoms with Crippen LogP contribution in [0, 0.1) is 5.82 Å². The molecule has 3 aromatic rings. The minimum atomic E-state index is -1.16. The van der Waals surface area contributed by atoms with Gasteiger partial charge in [-0.05, 0) is 12.1 Å². The number of ether oxygens (including phenoxy) is 1. The number of carbonyl (C=O) groups is 1. The van der Waals surface area contributed by atoms with Crippen LogP contribution in [-0.4, -0.2) is 25.7 Å². The van der Waals surface area contributed by atoms with E-state index < -0.39 is 29.5 Å². The van der Waals surface area contributed by atoms with Gasteiger partial charge >= 0.3 is 5.69 Å². The molecule has 2 N–H and O–H groups in total. The van der Waals surface area contributed by atoms with Gasteiger partial charge in [0.25, 0.3) is 5.56 Å². The lowest BCUT2D eigenvalue weighted by atomic mass is 10.3. The minimum Gasteiger partial charge on any atom is -0.486 e. The third kappa shape index (κ3) is 4.39. The monoisotopic (exact) mass is 377 g/mol. The van der Waals surface area contributed by atoms with E-state index in [1.54, 1.807) is 17.1 Å². The molecule has 3 rings (SSSR count). The van der Waals surface area contributed by atoms with Crippen molar-refractivity contribution < 1.29 is 13.9 Å². The van der Waals surface area contributed by atoms with Crippen molar-refractivity contribution in [2.75, 3.05) is 5.32 Å². The molecular weight excluding hydrogens is 365 g/mol. The average molecular weight is 377 g/mol. The van der Waals surface area contributed by atoms with Crippen LogP contribution in [0.25, 0.3) is 0 Å². The maximum atomic E-state index is 13.2. The Kier molecular flexibility index (Phi) is 5.17. The van der Waals surface area contributed by atoms with Gasteiger partial charge in [-0.25, -0.2) is 4.79 Å². The standard InChI is InChI=1S/C15H12FN5O4S/c16-10-6-21(15(24)18-13(10)23)7-11(22)17-14-20-19-12(26-14)8-25-9-4-2-1-3-5-9/h1-6H,7-8H2,(H,17,20,22)(H,18,23,24). The fourth-order valence-corrected chi connectivity index (χ4v) is 2.61. The number of hydrogen-bond donors (Lipinski definition) is 2. The van der Waals surface area contributed by atoms with Gasteiger partial charge in [0, 0.05) is 0 Å². The topological polar surface area (TPSA) is 119 Å². The molecule has 0 saturated heterocycles. The highest BCUT2D eigenvalue weighted by Crippen LogP contribution is 2.18. The second kappa shape index (κ2) is 7.70. The number of para-hydroxylation sites is 1. The summed E-state index contributed by atoms with van der Waals surface area (Å²) in [7, 11) is 0. The summed E-state index contributed by atoms with van der Waals surface area (Å²) in [5.74, 6) is -1.10. The Morgan fingerprint density at radius 3 is 2.81 bits per heavy atom. The highest BCUT2D eigenvalue weighted by molar-refractivity contribution is 7.15. The van der Waals surface area contributed by atoms with Crippen molar-refractivity contribution in [2.24, 2.45) is 0 Å². The normalized spacial score (nSPS) is 10.5. The molecule has 2 heterocycles. The first-order chi connectivity index (χ1) is 12.5. The Balaban J connectivity index is 1.58. The molecule has 0 fully saturated rings. The number of H-pyrrole nitrogens is 1. The van der Waals surface area contributed by atoms with E-state index in [2.05, 4.69) is 15.5 Å². The number of aromatic nitrogens is 4. The summed E-state index contributed by atoms with van der Waals surface area (Å²) in [6.45, 7) is -0.301. The molecule has 1 amide bonds. The molecule has 2 aromatic heterocycles. The second-order valence-electron chi connectivity index (χ2n) is 5.02. The fraction of sp³-hybridized carbons (Fsp3) is 0.133. The Hall–Kier alpha value is -3.34. The smallest absolute Gasteiger partial charge is 0.328 e. The Labute approximate surface area is 149 Å². The largest absolute Gasteiger partial charge is 0.486 e. The van der Waals surface area contributed by atoms with Crippen LogP contribution in [0.4, 0.5) is 9.52 Å². The molecule has 9 nitrogen and oxygen atoms in total. The number of halogens is 1. The third-order valence-electron chi connectivity index (χ3n) is 3.10. The van der Waals surface area contributed by atoms with E-state index in [0.29, 0.717) is 17.0 Å². The molecule has 0 unspecified atom stereocenters. The number of rotatable bonds is 6. The number of benzene rings is 1. The Morgan fingerprint density at radius 1 is 1.27 bits per heavy atom. The SMILES string of the molecule is O=C(Cn1cc(F)c(=O)[nH]c1=O)Nc1nnc(COc2ccccc2)s1. The number of aromatic amines is 1. The van der Waals surface area contributed by atoms with Gasteiger partial charge in [0.2, 0.25) is 16.9 Å². The van der Waals surface area contributed by atoms with Crippen LogP contribution in [-0.2, 0) is 17.9 Å². The van der Waals surface area contributed by atoms with Gasteiger partial charge in [-0.15, -0.1) is 10.2 Å². The summed E-state index contributed by atoms with van der Waals surface area (Å²) in [6.07, 6.45) is 0.667. The molecule has 134 valence electrons. The van der Waals surface area contributed by atoms with Crippen molar-refractivity contribution in [3.8, 4) is 5.75 Å². The van der Waals surface area contributed by atoms with E-state index in [-0.39, 0.29) is 11.7 Å². The van der Waals surface area contributed by atoms with Gasteiger partial charge in [-0.2, -0.15) is 4.39 Å². The molecule has 0 bridgehead atoms. The summed E-state index contributed by atoms with van der Waals surface area (Å²) in [6, 6.07) is 9.13. The summed E-state index contributed by atoms with van der Waals surface area (Å²) < 4.78 is 19.5. The molecule has 1 aromatic carbocycles. The van der Waals surface area contributed by atoms with E-state index in [1.165, 1.54) is 0 Å². The zero-order valence-corrected chi connectivity index (χ0v) is 14.0. The van der Waals surface area contributed by atoms with Gasteiger partial charge in [0.05, 0.1) is 6.20 Å². The molecule has 0 radical (unpaired) electrons. The first-order valence-electron chi connectivity index (χ1n) is 7.30. The number of hydrogen-bond acceptors (Lipinski definition) is 7. The molecule has 0 atom stereocenters. The van der Waals surface area contributed by atoms with Gasteiger partial charge in [-0.1, -0.05) is 29.5 Å². The quantitative estimate of drug-likeness (QED) is 0.654. The van der Waals surface area contributed by atoms with Gasteiger partial charge in [0.1, 0.15) is 18.9 Å². The van der Waals surface area contributed by atoms with Crippen molar-refractivity contribution in [3.05, 3.63) is 68.2 Å². The van der Waals surface area contributed by atoms with E-state index in [4.69, 9.17) is 4.74 Å². The lowest BCUT2D eigenvalue weighted by molar-refractivity contribution is -0.116. The molecule has 0 aliphatic heterocycles. The Morgan fingerprint density at radius 2 is 2.04 bits per heavy atom. The fourth-order valence-electron chi connectivity index (χ4n) is 1.94. The van der Waals surface area contributed by atoms with Crippen LogP contribution < -0.4 is 21.3 Å². The molecule has 0 saturated carbocycles. The first-order valence-corrected chi connectivity index (χ1v) is 8.12. The van der Waals surface area contributed by atoms with Crippen molar-refractivity contribution in [2.45, 2.75) is 13.2 Å². The average Bonchev–Trinajstić information content (AvgIpc) is 3.06. The van der Waals surface area contributed by atoms with Gasteiger partial charge < -0.3 is 4.74 Å². The van der Waals surface area contributed by atoms with Gasteiger partial charge in [-0.3, -0.25) is 24.5 Å². The van der Waals surface area contributed by atoms with Crippen molar-refractivity contribution in [1.82, 2.24) is 19.7 Å². The van der Waals surface area contributed by atoms with Crippen LogP contribution in [0.3, 0.4) is 0 Å². The number of nitrogens with one attached hydrogen (secondary N) is 2. The highest BCUT2D eigenvalue weighted by Gasteiger charge is 2.11. The second-order valence-corrected chi connectivity index (χ2v) is 6.08. The van der Waals surface area contributed by atoms with Crippen LogP contribution in [0.15, 0.2) is 46.1 Å². The molecular formula is C15H12FN5O4S. The van der Waals surface area contributed by atoms with Crippen LogP contribution in [0.1, 0.15) is 5.01 Å². The molecule has 11 heteroatoms. The van der Waals surface area contributed by atoms with E-state index in [0.717, 1.165) is 15.9 Å². The van der Waals surface area contributed by atoms with Crippen molar-refractivity contribution >= 4 is 22.4 Å². The maximum Gasteiger partial charge on any atom is 0.328 e. The lowest BCUT2D eigenvalue weighted by Crippen LogP contribution is -2.34. The first kappa shape index (κ1) is 17.5. The zero-order valence-electron chi connectivity index (χ0n) is 13.1. The summed E-state index contributed by atoms with van der Waals surface area (Å²) in [5, 5.41) is 10.9. The van der Waals surface area contributed by atoms with Crippen LogP contribution >= 0.6 is 11.3 Å². The molecule has 0 aliphatic carbocycles. The summed E-state index contributed by atoms with van der Waals surface area (Å²) in [5.41, 5.74) is -2.03. The third-order valence-corrected chi connectivity index (χ3v) is 3.91. The van der Waals surface area contributed by atoms with E-state index >= 15 is 0 Å². The summed E-state index contributed by atoms with van der Waals surface area (Å²) in [4.78, 5) is 36.2. The van der Waals surface area contributed by atoms with Crippen molar-refractivity contribution in [3.63, 3.8) is 0 Å². The molecule has 26 heavy (non-hydrogen) atoms. The number of carbonyl (C=O) groups excluding carboxylic acids is 1. The van der Waals surface area contributed by atoms with E-state index in [1.807, 2.05) is 18.2 Å². The predicted octanol–water partition coefficient (Wildman–Crippen LogP) is 0.745. The zero-order chi connectivity index (χ0) is 18.5. The molecule has 0 spiro atoms. The van der Waals surface area contributed by atoms with E-state index in [9.17, 15) is 18.8 Å². The summed E-state index contributed by atoms with van der Waals surface area (Å²) >= 11 is 1.10. The predicted molar refractivity (Wildman–Crippen MR) is 90.6 cm³/mol. The lowest BCUT2D eigenvalue weighted by Gasteiger charge is -2.04. The van der Waals surface area contributed by atoms with Gasteiger partial charge in [0.15, 0.2) is 5.01 Å². The number of amides is 1. The van der Waals surface area contributed by atoms with Crippen LogP contribution in [0.5, 0.6) is 5.75 Å². The van der Waals surface area contributed by atoms with Crippen LogP contribution in [0.2, 0.25) is 0 Å². The number of nitrogens with zero attached hydrogens (tertiary/aromatic N) is 3. The Bertz CT molecular complexity index is 1030. The number of anilines is 1. The minimum absolute atomic E-state index is 0.183. The van der Waals surface area contributed by atoms with Crippen molar-refractivity contribution in [1.29, 1.82) is 0 Å². The highest BCUT2D eigenvalue weighted by atomic mass is 32.1. The maximum absolute atomic E-state index is 13.2. The molecule has 0 aliphatic rings.